The largest absolute Gasteiger partial charge is 0.365 e. The van der Waals surface area contributed by atoms with Gasteiger partial charge in [0.1, 0.15) is 0 Å². The Hall–Kier alpha value is -1.02. The van der Waals surface area contributed by atoms with Gasteiger partial charge in [0.25, 0.3) is 0 Å². The molecule has 1 aliphatic rings. The minimum absolute atomic E-state index is 0.154. The molecular weight excluding hydrogens is 220 g/mol. The molecule has 0 aliphatic carbocycles. The molecule has 0 atom stereocenters. The minimum Gasteiger partial charge on any atom is -0.365 e. The van der Waals surface area contributed by atoms with Crippen LogP contribution in [0.15, 0.2) is 24.3 Å². The molecule has 1 N–H and O–H groups in total. The molecule has 1 fully saturated rings. The van der Waals surface area contributed by atoms with Crippen LogP contribution in [0.4, 0.5) is 5.69 Å². The Labute approximate surface area is 111 Å². The van der Waals surface area contributed by atoms with Crippen LogP contribution in [0.5, 0.6) is 0 Å². The molecule has 1 aromatic carbocycles. The molecule has 1 aliphatic heterocycles. The van der Waals surface area contributed by atoms with Crippen molar-refractivity contribution in [2.45, 2.75) is 40.2 Å². The third-order valence-corrected chi connectivity index (χ3v) is 3.79. The molecule has 0 amide bonds. The molecular formula is C16H26N2. The number of hydrogen-bond acceptors (Lipinski definition) is 2. The average molecular weight is 246 g/mol. The molecule has 1 heterocycles. The molecule has 0 saturated carbocycles. The molecule has 1 aromatic rings. The quantitative estimate of drug-likeness (QED) is 0.818. The lowest BCUT2D eigenvalue weighted by Crippen LogP contribution is -2.49. The van der Waals surface area contributed by atoms with Crippen molar-refractivity contribution in [1.29, 1.82) is 0 Å². The zero-order valence-electron chi connectivity index (χ0n) is 12.4. The van der Waals surface area contributed by atoms with Crippen molar-refractivity contribution < 1.29 is 0 Å². The van der Waals surface area contributed by atoms with E-state index in [4.69, 9.17) is 0 Å². The lowest BCUT2D eigenvalue weighted by molar-refractivity contribution is 0.365. The van der Waals surface area contributed by atoms with E-state index in [9.17, 15) is 0 Å². The summed E-state index contributed by atoms with van der Waals surface area (Å²) in [4.78, 5) is 2.56. The molecule has 0 aromatic heterocycles. The van der Waals surface area contributed by atoms with Gasteiger partial charge in [-0.3, -0.25) is 0 Å². The second kappa shape index (κ2) is 4.58. The number of benzene rings is 1. The number of hydrogen-bond donors (Lipinski definition) is 1. The Morgan fingerprint density at radius 1 is 1.11 bits per heavy atom. The van der Waals surface area contributed by atoms with E-state index in [1.807, 2.05) is 0 Å². The Morgan fingerprint density at radius 2 is 1.83 bits per heavy atom. The molecule has 2 rings (SSSR count). The van der Waals surface area contributed by atoms with Crippen molar-refractivity contribution >= 4 is 5.69 Å². The van der Waals surface area contributed by atoms with Crippen LogP contribution in [0.3, 0.4) is 0 Å². The number of nitrogens with one attached hydrogen (secondary N) is 1. The second-order valence-electron chi connectivity index (χ2n) is 7.01. The highest BCUT2D eigenvalue weighted by molar-refractivity contribution is 5.51. The zero-order valence-corrected chi connectivity index (χ0v) is 12.4. The van der Waals surface area contributed by atoms with Gasteiger partial charge in [0.2, 0.25) is 0 Å². The predicted octanol–water partition coefficient (Wildman–Crippen LogP) is 3.21. The summed E-state index contributed by atoms with van der Waals surface area (Å²) >= 11 is 0. The summed E-state index contributed by atoms with van der Waals surface area (Å²) in [5.74, 6) is 0. The first-order valence-electron chi connectivity index (χ1n) is 6.85. The molecule has 0 radical (unpaired) electrons. The van der Waals surface area contributed by atoms with Crippen LogP contribution in [0, 0.1) is 12.3 Å². The summed E-state index contributed by atoms with van der Waals surface area (Å²) < 4.78 is 0. The average Bonchev–Trinajstić information content (AvgIpc) is 2.35. The monoisotopic (exact) mass is 246 g/mol. The Bertz CT molecular complexity index is 421. The Balaban J connectivity index is 2.37. The van der Waals surface area contributed by atoms with E-state index in [1.165, 1.54) is 11.3 Å². The van der Waals surface area contributed by atoms with Crippen LogP contribution in [-0.2, 0) is 0 Å². The van der Waals surface area contributed by atoms with Gasteiger partial charge < -0.3 is 10.2 Å². The van der Waals surface area contributed by atoms with E-state index in [0.717, 1.165) is 19.6 Å². The maximum atomic E-state index is 3.60. The van der Waals surface area contributed by atoms with E-state index in [-0.39, 0.29) is 5.54 Å². The van der Waals surface area contributed by atoms with Crippen LogP contribution >= 0.6 is 0 Å². The molecule has 0 spiro atoms. The summed E-state index contributed by atoms with van der Waals surface area (Å²) in [5, 5.41) is 3.60. The van der Waals surface area contributed by atoms with Crippen molar-refractivity contribution in [3.05, 3.63) is 29.8 Å². The van der Waals surface area contributed by atoms with Crippen molar-refractivity contribution in [3.8, 4) is 0 Å². The zero-order chi connectivity index (χ0) is 13.4. The standard InChI is InChI=1S/C16H26N2/c1-13-7-6-8-14(9-13)18-12-15(2,3)10-17-11-16(18,4)5/h6-9,17H,10-12H2,1-5H3. The Kier molecular flexibility index (Phi) is 3.41. The minimum atomic E-state index is 0.154. The summed E-state index contributed by atoms with van der Waals surface area (Å²) in [6, 6.07) is 8.85. The SMILES string of the molecule is Cc1cccc(N2CC(C)(C)CNCC2(C)C)c1. The first kappa shape index (κ1) is 13.4. The number of nitrogens with zero attached hydrogens (tertiary/aromatic N) is 1. The fraction of sp³-hybridized carbons (Fsp3) is 0.625. The van der Waals surface area contributed by atoms with Gasteiger partial charge in [-0.2, -0.15) is 0 Å². The van der Waals surface area contributed by atoms with Crippen LogP contribution in [0.1, 0.15) is 33.3 Å². The normalized spacial score (nSPS) is 22.6. The van der Waals surface area contributed by atoms with Crippen molar-refractivity contribution in [2.24, 2.45) is 5.41 Å². The van der Waals surface area contributed by atoms with Crippen LogP contribution in [0.2, 0.25) is 0 Å². The van der Waals surface area contributed by atoms with Gasteiger partial charge in [-0.1, -0.05) is 26.0 Å². The van der Waals surface area contributed by atoms with Gasteiger partial charge >= 0.3 is 0 Å². The van der Waals surface area contributed by atoms with Crippen LogP contribution in [0.25, 0.3) is 0 Å². The summed E-state index contributed by atoms with van der Waals surface area (Å²) in [6.45, 7) is 14.7. The third-order valence-electron chi connectivity index (χ3n) is 3.79. The first-order valence-corrected chi connectivity index (χ1v) is 6.85. The smallest absolute Gasteiger partial charge is 0.0470 e. The molecule has 0 unspecified atom stereocenters. The fourth-order valence-electron chi connectivity index (χ4n) is 2.74. The summed E-state index contributed by atoms with van der Waals surface area (Å²) in [5.41, 5.74) is 3.13. The van der Waals surface area contributed by atoms with Gasteiger partial charge in [-0.25, -0.2) is 0 Å². The molecule has 2 nitrogen and oxygen atoms in total. The lowest BCUT2D eigenvalue weighted by Gasteiger charge is -2.41. The molecule has 1 saturated heterocycles. The second-order valence-corrected chi connectivity index (χ2v) is 7.01. The predicted molar refractivity (Wildman–Crippen MR) is 79.3 cm³/mol. The third kappa shape index (κ3) is 2.86. The van der Waals surface area contributed by atoms with Crippen molar-refractivity contribution in [2.75, 3.05) is 24.5 Å². The van der Waals surface area contributed by atoms with Gasteiger partial charge in [0.05, 0.1) is 0 Å². The van der Waals surface area contributed by atoms with Crippen molar-refractivity contribution in [1.82, 2.24) is 5.32 Å². The van der Waals surface area contributed by atoms with Gasteiger partial charge in [0.15, 0.2) is 0 Å². The van der Waals surface area contributed by atoms with Crippen molar-refractivity contribution in [3.63, 3.8) is 0 Å². The summed E-state index contributed by atoms with van der Waals surface area (Å²) in [6.07, 6.45) is 0. The highest BCUT2D eigenvalue weighted by Crippen LogP contribution is 2.31. The molecule has 2 heteroatoms. The highest BCUT2D eigenvalue weighted by Gasteiger charge is 2.35. The fourth-order valence-corrected chi connectivity index (χ4v) is 2.74. The van der Waals surface area contributed by atoms with E-state index in [2.05, 4.69) is 69.1 Å². The van der Waals surface area contributed by atoms with E-state index in [0.29, 0.717) is 5.41 Å². The molecule has 18 heavy (non-hydrogen) atoms. The van der Waals surface area contributed by atoms with Crippen LogP contribution in [-0.4, -0.2) is 25.2 Å². The molecule has 100 valence electrons. The van der Waals surface area contributed by atoms with E-state index < -0.39 is 0 Å². The number of rotatable bonds is 1. The maximum absolute atomic E-state index is 3.60. The van der Waals surface area contributed by atoms with E-state index in [1.54, 1.807) is 0 Å². The van der Waals surface area contributed by atoms with Crippen LogP contribution < -0.4 is 10.2 Å². The van der Waals surface area contributed by atoms with Gasteiger partial charge in [-0.05, 0) is 43.9 Å². The lowest BCUT2D eigenvalue weighted by atomic mass is 9.91. The first-order chi connectivity index (χ1) is 8.30. The maximum Gasteiger partial charge on any atom is 0.0470 e. The topological polar surface area (TPSA) is 15.3 Å². The number of aryl methyl sites for hydroxylation is 1. The summed E-state index contributed by atoms with van der Waals surface area (Å²) in [7, 11) is 0. The number of anilines is 1. The highest BCUT2D eigenvalue weighted by atomic mass is 15.2. The molecule has 0 bridgehead atoms. The van der Waals surface area contributed by atoms with Gasteiger partial charge in [-0.15, -0.1) is 0 Å². The van der Waals surface area contributed by atoms with Gasteiger partial charge in [0, 0.05) is 30.9 Å². The van der Waals surface area contributed by atoms with E-state index >= 15 is 0 Å². The Morgan fingerprint density at radius 3 is 2.50 bits per heavy atom.